The Labute approximate surface area is 113 Å². The lowest BCUT2D eigenvalue weighted by Gasteiger charge is -2.13. The Hall–Kier alpha value is -1.21. The molecule has 2 N–H and O–H groups in total. The van der Waals surface area contributed by atoms with Crippen molar-refractivity contribution in [3.05, 3.63) is 29.8 Å². The Balaban J connectivity index is 2.79. The number of carbonyl (C=O) groups is 1. The zero-order valence-electron chi connectivity index (χ0n) is 10.2. The van der Waals surface area contributed by atoms with Gasteiger partial charge in [-0.1, -0.05) is 19.1 Å². The van der Waals surface area contributed by atoms with Gasteiger partial charge in [0.05, 0.1) is 5.56 Å². The summed E-state index contributed by atoms with van der Waals surface area (Å²) in [6.07, 6.45) is 0. The first kappa shape index (κ1) is 15.8. The number of hydrogen-bond donors (Lipinski definition) is 2. The molecule has 0 aliphatic heterocycles. The van der Waals surface area contributed by atoms with Crippen molar-refractivity contribution in [2.75, 3.05) is 13.2 Å². The molecule has 0 bridgehead atoms. The molecule has 1 atom stereocenters. The van der Waals surface area contributed by atoms with Crippen molar-refractivity contribution in [2.45, 2.75) is 17.3 Å². The molecule has 0 fully saturated rings. The summed E-state index contributed by atoms with van der Waals surface area (Å²) in [7, 11) is 0. The fourth-order valence-corrected chi connectivity index (χ4v) is 1.96. The Morgan fingerprint density at radius 2 is 2.05 bits per heavy atom. The molecule has 1 aromatic rings. The molecule has 0 aromatic heterocycles. The van der Waals surface area contributed by atoms with Crippen molar-refractivity contribution in [1.82, 2.24) is 5.32 Å². The largest absolute Gasteiger partial charge is 0.446 e. The molecule has 0 aliphatic carbocycles. The van der Waals surface area contributed by atoms with Crippen LogP contribution in [0.15, 0.2) is 29.2 Å². The molecular formula is C12H14F3NO2S. The molecule has 1 rings (SSSR count). The maximum Gasteiger partial charge on any atom is 0.446 e. The fraction of sp³-hybridized carbons (Fsp3) is 0.417. The van der Waals surface area contributed by atoms with Crippen LogP contribution in [0.3, 0.4) is 0 Å². The van der Waals surface area contributed by atoms with Gasteiger partial charge in [0.15, 0.2) is 0 Å². The van der Waals surface area contributed by atoms with Gasteiger partial charge in [-0.2, -0.15) is 13.2 Å². The monoisotopic (exact) mass is 293 g/mol. The van der Waals surface area contributed by atoms with E-state index in [0.29, 0.717) is 0 Å². The quantitative estimate of drug-likeness (QED) is 0.821. The lowest BCUT2D eigenvalue weighted by atomic mass is 10.1. The van der Waals surface area contributed by atoms with Crippen LogP contribution < -0.4 is 5.32 Å². The van der Waals surface area contributed by atoms with E-state index in [2.05, 4.69) is 5.32 Å². The molecule has 0 saturated carbocycles. The van der Waals surface area contributed by atoms with Crippen molar-refractivity contribution < 1.29 is 23.1 Å². The van der Waals surface area contributed by atoms with Gasteiger partial charge in [-0.25, -0.2) is 0 Å². The van der Waals surface area contributed by atoms with E-state index in [0.717, 1.165) is 0 Å². The van der Waals surface area contributed by atoms with Crippen LogP contribution in [0.4, 0.5) is 13.2 Å². The van der Waals surface area contributed by atoms with Crippen LogP contribution in [-0.4, -0.2) is 29.7 Å². The summed E-state index contributed by atoms with van der Waals surface area (Å²) in [5.41, 5.74) is -4.45. The summed E-state index contributed by atoms with van der Waals surface area (Å²) in [5.74, 6) is -0.723. The number of hydrogen-bond acceptors (Lipinski definition) is 3. The molecule has 19 heavy (non-hydrogen) atoms. The first-order valence-electron chi connectivity index (χ1n) is 5.57. The smallest absolute Gasteiger partial charge is 0.396 e. The molecule has 0 spiro atoms. The van der Waals surface area contributed by atoms with Crippen LogP contribution in [-0.2, 0) is 0 Å². The molecular weight excluding hydrogens is 279 g/mol. The lowest BCUT2D eigenvalue weighted by molar-refractivity contribution is -0.0328. The van der Waals surface area contributed by atoms with Gasteiger partial charge in [-0.15, -0.1) is 0 Å². The Kier molecular flexibility index (Phi) is 5.68. The highest BCUT2D eigenvalue weighted by Crippen LogP contribution is 2.38. The van der Waals surface area contributed by atoms with E-state index < -0.39 is 11.4 Å². The van der Waals surface area contributed by atoms with Gasteiger partial charge in [0.1, 0.15) is 0 Å². The van der Waals surface area contributed by atoms with Crippen molar-refractivity contribution >= 4 is 17.7 Å². The maximum atomic E-state index is 12.4. The first-order valence-corrected chi connectivity index (χ1v) is 6.39. The van der Waals surface area contributed by atoms with Crippen LogP contribution in [0.5, 0.6) is 0 Å². The molecule has 1 amide bonds. The number of alkyl halides is 3. The minimum atomic E-state index is -4.44. The first-order chi connectivity index (χ1) is 8.83. The molecule has 7 heteroatoms. The number of amides is 1. The van der Waals surface area contributed by atoms with Gasteiger partial charge in [-0.05, 0) is 29.8 Å². The second-order valence-electron chi connectivity index (χ2n) is 4.04. The molecule has 0 aliphatic rings. The van der Waals surface area contributed by atoms with E-state index in [1.54, 1.807) is 6.92 Å². The SMILES string of the molecule is CC(CO)CNC(=O)c1ccccc1SC(F)(F)F. The number of thioether (sulfide) groups is 1. The third-order valence-electron chi connectivity index (χ3n) is 2.28. The molecule has 106 valence electrons. The highest BCUT2D eigenvalue weighted by molar-refractivity contribution is 8.00. The number of aliphatic hydroxyl groups excluding tert-OH is 1. The van der Waals surface area contributed by atoms with Crippen molar-refractivity contribution in [2.24, 2.45) is 5.92 Å². The average molecular weight is 293 g/mol. The van der Waals surface area contributed by atoms with Crippen molar-refractivity contribution in [3.8, 4) is 0 Å². The van der Waals surface area contributed by atoms with Gasteiger partial charge in [0.25, 0.3) is 5.91 Å². The summed E-state index contributed by atoms with van der Waals surface area (Å²) in [4.78, 5) is 11.7. The number of benzene rings is 1. The second-order valence-corrected chi connectivity index (χ2v) is 5.15. The van der Waals surface area contributed by atoms with E-state index in [4.69, 9.17) is 5.11 Å². The minimum absolute atomic E-state index is 0.0186. The van der Waals surface area contributed by atoms with E-state index in [9.17, 15) is 18.0 Å². The van der Waals surface area contributed by atoms with Crippen molar-refractivity contribution in [1.29, 1.82) is 0 Å². The third kappa shape index (κ3) is 5.52. The van der Waals surface area contributed by atoms with Crippen LogP contribution >= 0.6 is 11.8 Å². The third-order valence-corrected chi connectivity index (χ3v) is 3.09. The Bertz CT molecular complexity index is 437. The van der Waals surface area contributed by atoms with Gasteiger partial charge in [0, 0.05) is 18.0 Å². The molecule has 0 radical (unpaired) electrons. The summed E-state index contributed by atoms with van der Waals surface area (Å²) in [5, 5.41) is 11.3. The Morgan fingerprint density at radius 3 is 2.63 bits per heavy atom. The highest BCUT2D eigenvalue weighted by Gasteiger charge is 2.31. The number of aliphatic hydroxyl groups is 1. The van der Waals surface area contributed by atoms with E-state index in [1.807, 2.05) is 0 Å². The Morgan fingerprint density at radius 1 is 1.42 bits per heavy atom. The zero-order chi connectivity index (χ0) is 14.5. The van der Waals surface area contributed by atoms with Crippen LogP contribution in [0.1, 0.15) is 17.3 Å². The molecule has 1 aromatic carbocycles. The van der Waals surface area contributed by atoms with Crippen LogP contribution in [0.25, 0.3) is 0 Å². The number of nitrogens with one attached hydrogen (secondary N) is 1. The maximum absolute atomic E-state index is 12.4. The number of rotatable bonds is 5. The molecule has 3 nitrogen and oxygen atoms in total. The van der Waals surface area contributed by atoms with Crippen LogP contribution in [0.2, 0.25) is 0 Å². The average Bonchev–Trinajstić information content (AvgIpc) is 2.34. The van der Waals surface area contributed by atoms with Gasteiger partial charge >= 0.3 is 5.51 Å². The molecule has 1 unspecified atom stereocenters. The standard InChI is InChI=1S/C12H14F3NO2S/c1-8(7-17)6-16-11(18)9-4-2-3-5-10(9)19-12(13,14)15/h2-5,8,17H,6-7H2,1H3,(H,16,18). The van der Waals surface area contributed by atoms with E-state index in [-0.39, 0.29) is 41.3 Å². The van der Waals surface area contributed by atoms with Crippen LogP contribution in [0, 0.1) is 5.92 Å². The normalized spacial score (nSPS) is 13.1. The fourth-order valence-electron chi connectivity index (χ4n) is 1.29. The van der Waals surface area contributed by atoms with Gasteiger partial charge in [0.2, 0.25) is 0 Å². The predicted molar refractivity (Wildman–Crippen MR) is 66.9 cm³/mol. The topological polar surface area (TPSA) is 49.3 Å². The van der Waals surface area contributed by atoms with Gasteiger partial charge in [-0.3, -0.25) is 4.79 Å². The summed E-state index contributed by atoms with van der Waals surface area (Å²) in [6, 6.07) is 5.54. The lowest BCUT2D eigenvalue weighted by Crippen LogP contribution is -2.30. The summed E-state index contributed by atoms with van der Waals surface area (Å²) in [6.45, 7) is 1.83. The number of carbonyl (C=O) groups excluding carboxylic acids is 1. The van der Waals surface area contributed by atoms with Gasteiger partial charge < -0.3 is 10.4 Å². The second kappa shape index (κ2) is 6.81. The highest BCUT2D eigenvalue weighted by atomic mass is 32.2. The predicted octanol–water partition coefficient (Wildman–Crippen LogP) is 2.66. The number of halogens is 3. The summed E-state index contributed by atoms with van der Waals surface area (Å²) >= 11 is -0.315. The minimum Gasteiger partial charge on any atom is -0.396 e. The van der Waals surface area contributed by atoms with Crippen molar-refractivity contribution in [3.63, 3.8) is 0 Å². The summed E-state index contributed by atoms with van der Waals surface area (Å²) < 4.78 is 37.1. The van der Waals surface area contributed by atoms with E-state index in [1.165, 1.54) is 24.3 Å². The van der Waals surface area contributed by atoms with E-state index >= 15 is 0 Å². The zero-order valence-corrected chi connectivity index (χ0v) is 11.0. The molecule has 0 saturated heterocycles. The molecule has 0 heterocycles.